The molecule has 0 atom stereocenters. The van der Waals surface area contributed by atoms with Gasteiger partial charge in [0.05, 0.1) is 6.54 Å². The van der Waals surface area contributed by atoms with Crippen molar-refractivity contribution in [2.24, 2.45) is 0 Å². The number of hydrogen-bond acceptors (Lipinski definition) is 3. The summed E-state index contributed by atoms with van der Waals surface area (Å²) in [4.78, 5) is 6.11. The molecule has 70 valence electrons. The predicted molar refractivity (Wildman–Crippen MR) is 47.2 cm³/mol. The summed E-state index contributed by atoms with van der Waals surface area (Å²) in [5, 5.41) is -0.0922. The molecular formula is C7H9N3O2S. The molecule has 1 aromatic rings. The fourth-order valence-corrected chi connectivity index (χ4v) is 1.51. The van der Waals surface area contributed by atoms with Gasteiger partial charge in [-0.05, 0) is 6.92 Å². The van der Waals surface area contributed by atoms with Crippen LogP contribution >= 0.6 is 0 Å². The Morgan fingerprint density at radius 3 is 3.00 bits per heavy atom. The molecule has 0 saturated heterocycles. The van der Waals surface area contributed by atoms with Crippen LogP contribution in [0.5, 0.6) is 0 Å². The minimum absolute atomic E-state index is 0.0922. The molecule has 2 N–H and O–H groups in total. The molecule has 1 heterocycles. The molecule has 0 amide bonds. The number of aromatic nitrogens is 2. The van der Waals surface area contributed by atoms with E-state index in [0.29, 0.717) is 0 Å². The first-order valence-corrected chi connectivity index (χ1v) is 5.04. The smallest absolute Gasteiger partial charge is 0.275 e. The van der Waals surface area contributed by atoms with E-state index in [1.54, 1.807) is 6.92 Å². The van der Waals surface area contributed by atoms with Crippen LogP contribution in [0.25, 0.3) is 0 Å². The van der Waals surface area contributed by atoms with Gasteiger partial charge in [-0.15, -0.1) is 5.92 Å². The molecule has 5 nitrogen and oxygen atoms in total. The van der Waals surface area contributed by atoms with E-state index >= 15 is 0 Å². The highest BCUT2D eigenvalue weighted by atomic mass is 32.2. The number of sulfonamides is 1. The zero-order chi connectivity index (χ0) is 9.73. The number of hydrogen-bond donors (Lipinski definition) is 2. The first-order valence-electron chi connectivity index (χ1n) is 3.55. The van der Waals surface area contributed by atoms with E-state index in [4.69, 9.17) is 0 Å². The van der Waals surface area contributed by atoms with Crippen LogP contribution in [0.15, 0.2) is 17.6 Å². The van der Waals surface area contributed by atoms with Crippen LogP contribution in [0.1, 0.15) is 6.92 Å². The van der Waals surface area contributed by atoms with Gasteiger partial charge >= 0.3 is 0 Å². The van der Waals surface area contributed by atoms with Crippen molar-refractivity contribution in [3.63, 3.8) is 0 Å². The van der Waals surface area contributed by atoms with Crippen LogP contribution < -0.4 is 4.72 Å². The molecule has 0 spiro atoms. The number of imidazole rings is 1. The normalized spacial score (nSPS) is 10.5. The molecule has 0 aliphatic heterocycles. The lowest BCUT2D eigenvalue weighted by atomic mass is 10.6. The van der Waals surface area contributed by atoms with Crippen molar-refractivity contribution in [3.8, 4) is 11.8 Å². The zero-order valence-electron chi connectivity index (χ0n) is 7.03. The first kappa shape index (κ1) is 9.77. The van der Waals surface area contributed by atoms with E-state index < -0.39 is 10.0 Å². The van der Waals surface area contributed by atoms with Gasteiger partial charge < -0.3 is 4.98 Å². The van der Waals surface area contributed by atoms with Gasteiger partial charge in [-0.1, -0.05) is 5.92 Å². The highest BCUT2D eigenvalue weighted by Gasteiger charge is 2.14. The highest BCUT2D eigenvalue weighted by molar-refractivity contribution is 7.89. The van der Waals surface area contributed by atoms with E-state index in [9.17, 15) is 8.42 Å². The van der Waals surface area contributed by atoms with Crippen molar-refractivity contribution in [3.05, 3.63) is 12.4 Å². The third-order valence-electron chi connectivity index (χ3n) is 1.26. The summed E-state index contributed by atoms with van der Waals surface area (Å²) in [7, 11) is -3.51. The maximum atomic E-state index is 11.3. The quantitative estimate of drug-likeness (QED) is 0.657. The van der Waals surface area contributed by atoms with Crippen molar-refractivity contribution >= 4 is 10.0 Å². The van der Waals surface area contributed by atoms with Crippen molar-refractivity contribution < 1.29 is 8.42 Å². The van der Waals surface area contributed by atoms with E-state index in [1.807, 2.05) is 0 Å². The van der Waals surface area contributed by atoms with Crippen molar-refractivity contribution in [1.29, 1.82) is 0 Å². The Morgan fingerprint density at radius 2 is 2.46 bits per heavy atom. The van der Waals surface area contributed by atoms with Crippen molar-refractivity contribution in [1.82, 2.24) is 14.7 Å². The maximum absolute atomic E-state index is 11.3. The second-order valence-corrected chi connectivity index (χ2v) is 3.83. The molecule has 0 unspecified atom stereocenters. The van der Waals surface area contributed by atoms with Crippen molar-refractivity contribution in [2.45, 2.75) is 12.1 Å². The minimum Gasteiger partial charge on any atom is -0.334 e. The van der Waals surface area contributed by atoms with E-state index in [1.165, 1.54) is 12.4 Å². The molecule has 0 saturated carbocycles. The fourth-order valence-electron chi connectivity index (χ4n) is 0.686. The van der Waals surface area contributed by atoms with Gasteiger partial charge in [0.2, 0.25) is 5.16 Å². The Balaban J connectivity index is 2.72. The summed E-state index contributed by atoms with van der Waals surface area (Å²) in [5.41, 5.74) is 0. The molecule has 0 radical (unpaired) electrons. The second-order valence-electron chi connectivity index (χ2n) is 2.15. The first-order chi connectivity index (χ1) is 6.17. The van der Waals surface area contributed by atoms with Crippen LogP contribution in [0.2, 0.25) is 0 Å². The third-order valence-corrected chi connectivity index (χ3v) is 2.51. The van der Waals surface area contributed by atoms with E-state index in [0.717, 1.165) is 0 Å². The van der Waals surface area contributed by atoms with Gasteiger partial charge in [0, 0.05) is 12.4 Å². The molecule has 1 aromatic heterocycles. The average molecular weight is 199 g/mol. The number of nitrogens with one attached hydrogen (secondary N) is 2. The SMILES string of the molecule is CC#CCNS(=O)(=O)c1ncc[nH]1. The average Bonchev–Trinajstić information content (AvgIpc) is 2.56. The topological polar surface area (TPSA) is 74.8 Å². The summed E-state index contributed by atoms with van der Waals surface area (Å²) in [6, 6.07) is 0. The van der Waals surface area contributed by atoms with Crippen LogP contribution in [0.3, 0.4) is 0 Å². The zero-order valence-corrected chi connectivity index (χ0v) is 7.85. The van der Waals surface area contributed by atoms with E-state index in [-0.39, 0.29) is 11.7 Å². The Hall–Kier alpha value is -1.32. The lowest BCUT2D eigenvalue weighted by Gasteiger charge is -1.98. The number of aromatic amines is 1. The van der Waals surface area contributed by atoms with Gasteiger partial charge in [-0.3, -0.25) is 0 Å². The molecule has 0 aliphatic carbocycles. The van der Waals surface area contributed by atoms with Crippen LogP contribution in [0, 0.1) is 11.8 Å². The summed E-state index contributed by atoms with van der Waals surface area (Å²) in [5.74, 6) is 5.16. The van der Waals surface area contributed by atoms with Gasteiger partial charge in [0.1, 0.15) is 0 Å². The van der Waals surface area contributed by atoms with Gasteiger partial charge in [0.25, 0.3) is 10.0 Å². The predicted octanol–water partition coefficient (Wildman–Crippen LogP) is -0.289. The second kappa shape index (κ2) is 4.07. The molecule has 6 heteroatoms. The van der Waals surface area contributed by atoms with Crippen LogP contribution in [-0.2, 0) is 10.0 Å². The monoisotopic (exact) mass is 199 g/mol. The molecule has 13 heavy (non-hydrogen) atoms. The lowest BCUT2D eigenvalue weighted by molar-refractivity contribution is 0.578. The van der Waals surface area contributed by atoms with Crippen molar-refractivity contribution in [2.75, 3.05) is 6.54 Å². The molecular weight excluding hydrogens is 190 g/mol. The minimum atomic E-state index is -3.51. The standard InChI is InChI=1S/C7H9N3O2S/c1-2-3-4-10-13(11,12)7-8-5-6-9-7/h5-6,10H,4H2,1H3,(H,8,9). The maximum Gasteiger partial charge on any atom is 0.275 e. The largest absolute Gasteiger partial charge is 0.334 e. The summed E-state index contributed by atoms with van der Waals surface area (Å²) in [6.07, 6.45) is 2.82. The number of H-pyrrole nitrogens is 1. The lowest BCUT2D eigenvalue weighted by Crippen LogP contribution is -2.24. The Bertz CT molecular complexity index is 410. The molecule has 1 rings (SSSR count). The molecule has 0 aliphatic rings. The van der Waals surface area contributed by atoms with E-state index in [2.05, 4.69) is 26.5 Å². The molecule has 0 bridgehead atoms. The summed E-state index contributed by atoms with van der Waals surface area (Å²) >= 11 is 0. The summed E-state index contributed by atoms with van der Waals surface area (Å²) < 4.78 is 24.9. The fraction of sp³-hybridized carbons (Fsp3) is 0.286. The van der Waals surface area contributed by atoms with Crippen LogP contribution in [-0.4, -0.2) is 24.9 Å². The Labute approximate surface area is 76.6 Å². The third kappa shape index (κ3) is 2.57. The number of nitrogens with zero attached hydrogens (tertiary/aromatic N) is 1. The Kier molecular flexibility index (Phi) is 3.06. The van der Waals surface area contributed by atoms with Crippen LogP contribution in [0.4, 0.5) is 0 Å². The van der Waals surface area contributed by atoms with Gasteiger partial charge in [-0.2, -0.15) is 4.72 Å². The highest BCUT2D eigenvalue weighted by Crippen LogP contribution is 1.97. The van der Waals surface area contributed by atoms with Gasteiger partial charge in [0.15, 0.2) is 0 Å². The van der Waals surface area contributed by atoms with Gasteiger partial charge in [-0.25, -0.2) is 13.4 Å². The molecule has 0 aromatic carbocycles. The number of rotatable bonds is 3. The summed E-state index contributed by atoms with van der Waals surface area (Å²) in [6.45, 7) is 1.74. The molecule has 0 fully saturated rings. The Morgan fingerprint density at radius 1 is 1.69 bits per heavy atom.